The minimum Gasteiger partial charge on any atom is -0.337 e. The number of likely N-dealkylation sites (N-methyl/N-ethyl adjacent to an activating group) is 1. The van der Waals surface area contributed by atoms with E-state index >= 15 is 0 Å². The van der Waals surface area contributed by atoms with Crippen molar-refractivity contribution in [2.45, 2.75) is 72.1 Å². The Morgan fingerprint density at radius 2 is 1.33 bits per heavy atom. The number of para-hydroxylation sites is 1. The molecule has 1 heterocycles. The van der Waals surface area contributed by atoms with E-state index in [1.165, 1.54) is 37.0 Å². The molecule has 0 radical (unpaired) electrons. The zero-order valence-corrected chi connectivity index (χ0v) is 20.5. The highest BCUT2D eigenvalue weighted by molar-refractivity contribution is 6.36. The van der Waals surface area contributed by atoms with Crippen molar-refractivity contribution in [1.82, 2.24) is 4.90 Å². The first kappa shape index (κ1) is 24.8. The summed E-state index contributed by atoms with van der Waals surface area (Å²) in [7, 11) is 0. The lowest BCUT2D eigenvalue weighted by atomic mass is 10.0. The molecule has 176 valence electrons. The van der Waals surface area contributed by atoms with Gasteiger partial charge < -0.3 is 4.90 Å². The number of carbonyl (C=O) groups excluding carboxylic acids is 2. The van der Waals surface area contributed by atoms with Crippen molar-refractivity contribution in [3.05, 3.63) is 71.4 Å². The second-order valence-corrected chi connectivity index (χ2v) is 8.91. The van der Waals surface area contributed by atoms with E-state index in [2.05, 4.69) is 6.92 Å². The molecule has 33 heavy (non-hydrogen) atoms. The highest BCUT2D eigenvalue weighted by Crippen LogP contribution is 2.34. The van der Waals surface area contributed by atoms with Gasteiger partial charge in [0, 0.05) is 18.8 Å². The van der Waals surface area contributed by atoms with Gasteiger partial charge in [-0.15, -0.1) is 0 Å². The molecule has 0 aliphatic carbocycles. The van der Waals surface area contributed by atoms with E-state index < -0.39 is 0 Å². The second kappa shape index (κ2) is 12.4. The van der Waals surface area contributed by atoms with Gasteiger partial charge in [0.1, 0.15) is 5.70 Å². The van der Waals surface area contributed by atoms with Crippen LogP contribution in [0.2, 0.25) is 0 Å². The first-order chi connectivity index (χ1) is 16.1. The summed E-state index contributed by atoms with van der Waals surface area (Å²) in [5.41, 5.74) is 3.88. The average Bonchev–Trinajstić information content (AvgIpc) is 3.07. The van der Waals surface area contributed by atoms with Crippen LogP contribution in [0.4, 0.5) is 5.69 Å². The van der Waals surface area contributed by atoms with Crippen molar-refractivity contribution in [1.29, 1.82) is 0 Å². The number of hydrogen-bond acceptors (Lipinski definition) is 3. The van der Waals surface area contributed by atoms with Crippen molar-refractivity contribution < 1.29 is 9.59 Å². The number of amides is 2. The number of imide groups is 1. The average molecular weight is 447 g/mol. The number of anilines is 1. The Kier molecular flexibility index (Phi) is 9.29. The molecule has 0 fully saturated rings. The molecule has 3 rings (SSSR count). The van der Waals surface area contributed by atoms with Crippen LogP contribution >= 0.6 is 0 Å². The first-order valence-corrected chi connectivity index (χ1v) is 12.6. The summed E-state index contributed by atoms with van der Waals surface area (Å²) in [6, 6.07) is 17.8. The second-order valence-electron chi connectivity index (χ2n) is 8.91. The van der Waals surface area contributed by atoms with E-state index in [-0.39, 0.29) is 11.8 Å². The molecule has 0 N–H and O–H groups in total. The van der Waals surface area contributed by atoms with Gasteiger partial charge in [0.15, 0.2) is 0 Å². The van der Waals surface area contributed by atoms with E-state index in [0.29, 0.717) is 24.4 Å². The van der Waals surface area contributed by atoms with Crippen molar-refractivity contribution in [3.63, 3.8) is 0 Å². The molecule has 0 saturated carbocycles. The summed E-state index contributed by atoms with van der Waals surface area (Å²) in [4.78, 5) is 30.5. The summed E-state index contributed by atoms with van der Waals surface area (Å²) in [6.45, 7) is 7.37. The SMILES string of the molecule is CCCCCCCCCCN1C(=O)C(c2ccc(C)cc2)=C(N(CC)c2ccccc2)C1=O. The van der Waals surface area contributed by atoms with Crippen LogP contribution in [-0.2, 0) is 9.59 Å². The molecule has 1 aliphatic heterocycles. The minimum absolute atomic E-state index is 0.170. The number of rotatable bonds is 13. The van der Waals surface area contributed by atoms with Crippen LogP contribution in [-0.4, -0.2) is 29.8 Å². The van der Waals surface area contributed by atoms with Gasteiger partial charge in [0.25, 0.3) is 11.8 Å². The Hall–Kier alpha value is -2.88. The Morgan fingerprint density at radius 3 is 1.94 bits per heavy atom. The summed E-state index contributed by atoms with van der Waals surface area (Å²) in [6.07, 6.45) is 9.46. The van der Waals surface area contributed by atoms with Crippen LogP contribution in [0, 0.1) is 6.92 Å². The fourth-order valence-corrected chi connectivity index (χ4v) is 4.48. The van der Waals surface area contributed by atoms with Crippen LogP contribution in [0.15, 0.2) is 60.3 Å². The van der Waals surface area contributed by atoms with Crippen LogP contribution in [0.25, 0.3) is 5.57 Å². The van der Waals surface area contributed by atoms with Crippen LogP contribution in [0.3, 0.4) is 0 Å². The number of nitrogens with zero attached hydrogens (tertiary/aromatic N) is 2. The molecule has 0 aromatic heterocycles. The van der Waals surface area contributed by atoms with Gasteiger partial charge in [-0.3, -0.25) is 14.5 Å². The lowest BCUT2D eigenvalue weighted by Crippen LogP contribution is -2.36. The summed E-state index contributed by atoms with van der Waals surface area (Å²) in [5, 5.41) is 0. The Morgan fingerprint density at radius 1 is 0.727 bits per heavy atom. The monoisotopic (exact) mass is 446 g/mol. The quantitative estimate of drug-likeness (QED) is 0.253. The number of benzene rings is 2. The van der Waals surface area contributed by atoms with Crippen molar-refractivity contribution in [2.24, 2.45) is 0 Å². The van der Waals surface area contributed by atoms with Gasteiger partial charge in [-0.05, 0) is 38.0 Å². The van der Waals surface area contributed by atoms with E-state index in [9.17, 15) is 9.59 Å². The Bertz CT molecular complexity index is 947. The van der Waals surface area contributed by atoms with E-state index in [1.54, 1.807) is 0 Å². The third-order valence-corrected chi connectivity index (χ3v) is 6.37. The van der Waals surface area contributed by atoms with E-state index in [1.807, 2.05) is 73.3 Å². The van der Waals surface area contributed by atoms with Crippen LogP contribution in [0.1, 0.15) is 76.3 Å². The number of unbranched alkanes of at least 4 members (excludes halogenated alkanes) is 7. The fraction of sp³-hybridized carbons (Fsp3) is 0.448. The summed E-state index contributed by atoms with van der Waals surface area (Å²) >= 11 is 0. The van der Waals surface area contributed by atoms with Crippen molar-refractivity contribution >= 4 is 23.1 Å². The minimum atomic E-state index is -0.177. The topological polar surface area (TPSA) is 40.6 Å². The predicted octanol–water partition coefficient (Wildman–Crippen LogP) is 6.74. The van der Waals surface area contributed by atoms with Gasteiger partial charge in [0.2, 0.25) is 0 Å². The van der Waals surface area contributed by atoms with Gasteiger partial charge in [0.05, 0.1) is 5.57 Å². The first-order valence-electron chi connectivity index (χ1n) is 12.6. The normalized spacial score (nSPS) is 13.8. The molecule has 1 aliphatic rings. The maximum Gasteiger partial charge on any atom is 0.278 e. The number of hydrogen-bond donors (Lipinski definition) is 0. The van der Waals surface area contributed by atoms with E-state index in [0.717, 1.165) is 36.1 Å². The summed E-state index contributed by atoms with van der Waals surface area (Å²) in [5.74, 6) is -0.347. The lowest BCUT2D eigenvalue weighted by molar-refractivity contribution is -0.137. The molecule has 0 spiro atoms. The Labute approximate surface area is 199 Å². The van der Waals surface area contributed by atoms with Crippen LogP contribution < -0.4 is 4.90 Å². The number of carbonyl (C=O) groups is 2. The zero-order chi connectivity index (χ0) is 23.6. The van der Waals surface area contributed by atoms with Crippen molar-refractivity contribution in [2.75, 3.05) is 18.0 Å². The van der Waals surface area contributed by atoms with Crippen LogP contribution in [0.5, 0.6) is 0 Å². The third-order valence-electron chi connectivity index (χ3n) is 6.37. The maximum atomic E-state index is 13.6. The molecule has 2 aromatic carbocycles. The lowest BCUT2D eigenvalue weighted by Gasteiger charge is -2.25. The molecule has 0 unspecified atom stereocenters. The van der Waals surface area contributed by atoms with Gasteiger partial charge >= 0.3 is 0 Å². The molecular formula is C29H38N2O2. The molecule has 4 heteroatoms. The summed E-state index contributed by atoms with van der Waals surface area (Å²) < 4.78 is 0. The smallest absolute Gasteiger partial charge is 0.278 e. The highest BCUT2D eigenvalue weighted by atomic mass is 16.2. The van der Waals surface area contributed by atoms with Crippen molar-refractivity contribution in [3.8, 4) is 0 Å². The predicted molar refractivity (Wildman–Crippen MR) is 137 cm³/mol. The third kappa shape index (κ3) is 6.13. The zero-order valence-electron chi connectivity index (χ0n) is 20.5. The molecule has 2 amide bonds. The van der Waals surface area contributed by atoms with Gasteiger partial charge in [-0.25, -0.2) is 0 Å². The number of aryl methyl sites for hydroxylation is 1. The molecule has 2 aromatic rings. The van der Waals surface area contributed by atoms with E-state index in [4.69, 9.17) is 0 Å². The maximum absolute atomic E-state index is 13.6. The molecule has 0 saturated heterocycles. The molecule has 4 nitrogen and oxygen atoms in total. The highest BCUT2D eigenvalue weighted by Gasteiger charge is 2.41. The molecule has 0 atom stereocenters. The Balaban J connectivity index is 1.79. The molecule has 0 bridgehead atoms. The standard InChI is InChI=1S/C29H38N2O2/c1-4-6-7-8-9-10-11-15-22-31-28(32)26(24-20-18-23(3)19-21-24)27(29(31)33)30(5-2)25-16-13-12-14-17-25/h12-14,16-21H,4-11,15,22H2,1-3H3. The largest absolute Gasteiger partial charge is 0.337 e. The van der Waals surface area contributed by atoms with Gasteiger partial charge in [-0.1, -0.05) is 99.9 Å². The van der Waals surface area contributed by atoms with Gasteiger partial charge in [-0.2, -0.15) is 0 Å². The molecular weight excluding hydrogens is 408 g/mol. The fourth-order valence-electron chi connectivity index (χ4n) is 4.48.